The lowest BCUT2D eigenvalue weighted by Crippen LogP contribution is -1.78. The van der Waals surface area contributed by atoms with Gasteiger partial charge in [-0.2, -0.15) is 0 Å². The highest BCUT2D eigenvalue weighted by Gasteiger charge is 1.79. The van der Waals surface area contributed by atoms with Crippen LogP contribution in [-0.4, -0.2) is 20.0 Å². The zero-order valence-corrected chi connectivity index (χ0v) is 11.1. The van der Waals surface area contributed by atoms with Gasteiger partial charge >= 0.3 is 0 Å². The Morgan fingerprint density at radius 3 is 1.57 bits per heavy atom. The second-order valence-electron chi connectivity index (χ2n) is 1.54. The van der Waals surface area contributed by atoms with Crippen LogP contribution in [0.5, 0.6) is 0 Å². The molecule has 14 heavy (non-hydrogen) atoms. The number of aliphatic imine (C=N–C) groups is 2. The van der Waals surface area contributed by atoms with Crippen LogP contribution in [0.1, 0.15) is 48.5 Å². The Balaban J connectivity index is -0.0000000708. The molecule has 0 fully saturated rings. The van der Waals surface area contributed by atoms with E-state index < -0.39 is 0 Å². The van der Waals surface area contributed by atoms with Gasteiger partial charge in [-0.25, -0.2) is 0 Å². The van der Waals surface area contributed by atoms with Gasteiger partial charge in [0.05, 0.1) is 6.54 Å². The number of hydrogen-bond acceptors (Lipinski definition) is 2. The molecule has 86 valence electrons. The van der Waals surface area contributed by atoms with Crippen molar-refractivity contribution in [1.82, 2.24) is 0 Å². The van der Waals surface area contributed by atoms with Crippen molar-refractivity contribution in [3.05, 3.63) is 11.8 Å². The van der Waals surface area contributed by atoms with E-state index in [0.717, 1.165) is 5.57 Å². The molecular formula is C12H28N2. The molecule has 0 bridgehead atoms. The third-order valence-electron chi connectivity index (χ3n) is 0.673. The Labute approximate surface area is 90.9 Å². The third-order valence-corrected chi connectivity index (χ3v) is 0.673. The van der Waals surface area contributed by atoms with E-state index in [9.17, 15) is 0 Å². The van der Waals surface area contributed by atoms with E-state index in [4.69, 9.17) is 0 Å². The molecule has 0 heterocycles. The standard InChI is InChI=1S/C6H10N2.3C2H6/c1-6(4-7-2)5-8-3;3*1-2/h4H,2-3,5H2,1H3;3*1-2H3. The molecule has 2 heteroatoms. The topological polar surface area (TPSA) is 24.7 Å². The normalized spacial score (nSPS) is 7.50. The monoisotopic (exact) mass is 200 g/mol. The zero-order chi connectivity index (χ0) is 12.4. The van der Waals surface area contributed by atoms with Crippen LogP contribution >= 0.6 is 0 Å². The highest BCUT2D eigenvalue weighted by molar-refractivity contribution is 5.27. The molecule has 2 nitrogen and oxygen atoms in total. The lowest BCUT2D eigenvalue weighted by Gasteiger charge is -1.87. The fraction of sp³-hybridized carbons (Fsp3) is 0.667. The number of rotatable bonds is 3. The van der Waals surface area contributed by atoms with E-state index in [1.807, 2.05) is 48.5 Å². The smallest absolute Gasteiger partial charge is 0.0607 e. The second-order valence-corrected chi connectivity index (χ2v) is 1.54. The van der Waals surface area contributed by atoms with Crippen molar-refractivity contribution in [2.24, 2.45) is 9.98 Å². The quantitative estimate of drug-likeness (QED) is 0.604. The molecular weight excluding hydrogens is 172 g/mol. The van der Waals surface area contributed by atoms with Crippen LogP contribution in [0.25, 0.3) is 0 Å². The van der Waals surface area contributed by atoms with Gasteiger partial charge < -0.3 is 0 Å². The van der Waals surface area contributed by atoms with E-state index in [0.29, 0.717) is 6.54 Å². The van der Waals surface area contributed by atoms with Crippen LogP contribution in [0.2, 0.25) is 0 Å². The largest absolute Gasteiger partial charge is 0.296 e. The minimum Gasteiger partial charge on any atom is -0.296 e. The molecule has 0 N–H and O–H groups in total. The average Bonchev–Trinajstić information content (AvgIpc) is 2.27. The predicted octanol–water partition coefficient (Wildman–Crippen LogP) is 4.37. The van der Waals surface area contributed by atoms with Crippen LogP contribution in [0, 0.1) is 0 Å². The summed E-state index contributed by atoms with van der Waals surface area (Å²) in [6.45, 7) is 21.2. The van der Waals surface area contributed by atoms with Crippen molar-refractivity contribution in [1.29, 1.82) is 0 Å². The summed E-state index contributed by atoms with van der Waals surface area (Å²) >= 11 is 0. The Bertz CT molecular complexity index is 115. The van der Waals surface area contributed by atoms with Crippen LogP contribution in [-0.2, 0) is 0 Å². The maximum absolute atomic E-state index is 3.65. The van der Waals surface area contributed by atoms with Crippen LogP contribution < -0.4 is 0 Å². The van der Waals surface area contributed by atoms with Gasteiger partial charge in [-0.1, -0.05) is 41.5 Å². The van der Waals surface area contributed by atoms with Crippen LogP contribution in [0.15, 0.2) is 21.8 Å². The summed E-state index contributed by atoms with van der Waals surface area (Å²) in [5.74, 6) is 0. The lowest BCUT2D eigenvalue weighted by molar-refractivity contribution is 1.14. The first-order chi connectivity index (χ1) is 6.81. The molecule has 0 rings (SSSR count). The van der Waals surface area contributed by atoms with Gasteiger partial charge in [0.2, 0.25) is 0 Å². The van der Waals surface area contributed by atoms with Gasteiger partial charge in [-0.3, -0.25) is 9.98 Å². The molecule has 0 spiro atoms. The van der Waals surface area contributed by atoms with E-state index >= 15 is 0 Å². The average molecular weight is 200 g/mol. The maximum atomic E-state index is 3.65. The van der Waals surface area contributed by atoms with Gasteiger partial charge in [0.15, 0.2) is 0 Å². The summed E-state index contributed by atoms with van der Waals surface area (Å²) in [6, 6.07) is 0. The first-order valence-corrected chi connectivity index (χ1v) is 5.35. The van der Waals surface area contributed by atoms with Crippen molar-refractivity contribution in [2.45, 2.75) is 48.5 Å². The number of hydrogen-bond donors (Lipinski definition) is 0. The molecule has 0 aliphatic heterocycles. The summed E-state index contributed by atoms with van der Waals surface area (Å²) < 4.78 is 0. The molecule has 0 radical (unpaired) electrons. The van der Waals surface area contributed by atoms with Gasteiger partial charge in [0.1, 0.15) is 0 Å². The summed E-state index contributed by atoms with van der Waals surface area (Å²) in [5.41, 5.74) is 1.08. The Kier molecular flexibility index (Phi) is 66.3. The van der Waals surface area contributed by atoms with Crippen molar-refractivity contribution in [3.8, 4) is 0 Å². The Morgan fingerprint density at radius 1 is 1.00 bits per heavy atom. The maximum Gasteiger partial charge on any atom is 0.0607 e. The molecule has 0 saturated heterocycles. The summed E-state index contributed by atoms with van der Waals surface area (Å²) in [6.07, 6.45) is 1.68. The molecule has 0 atom stereocenters. The summed E-state index contributed by atoms with van der Waals surface area (Å²) in [5, 5.41) is 0. The predicted molar refractivity (Wildman–Crippen MR) is 71.8 cm³/mol. The molecule has 0 aliphatic carbocycles. The Hall–Kier alpha value is -0.920. The minimum atomic E-state index is 0.652. The summed E-state index contributed by atoms with van der Waals surface area (Å²) in [7, 11) is 0. The van der Waals surface area contributed by atoms with E-state index in [2.05, 4.69) is 23.4 Å². The van der Waals surface area contributed by atoms with Crippen molar-refractivity contribution < 1.29 is 0 Å². The van der Waals surface area contributed by atoms with Crippen LogP contribution in [0.4, 0.5) is 0 Å². The fourth-order valence-electron chi connectivity index (χ4n) is 0.373. The molecule has 0 amide bonds. The first-order valence-electron chi connectivity index (χ1n) is 5.35. The highest BCUT2D eigenvalue weighted by atomic mass is 14.7. The third kappa shape index (κ3) is 43.6. The van der Waals surface area contributed by atoms with Gasteiger partial charge in [0.25, 0.3) is 0 Å². The fourth-order valence-corrected chi connectivity index (χ4v) is 0.373. The van der Waals surface area contributed by atoms with Gasteiger partial charge in [0, 0.05) is 6.20 Å². The molecule has 0 aromatic heterocycles. The SMILES string of the molecule is C=NC=C(C)CN=C.CC.CC.CC. The van der Waals surface area contributed by atoms with E-state index in [1.54, 1.807) is 6.20 Å². The second kappa shape index (κ2) is 40.1. The first kappa shape index (κ1) is 23.2. The molecule has 0 aliphatic rings. The molecule has 0 aromatic carbocycles. The molecule has 0 aromatic rings. The van der Waals surface area contributed by atoms with Crippen molar-refractivity contribution in [3.63, 3.8) is 0 Å². The van der Waals surface area contributed by atoms with Crippen molar-refractivity contribution in [2.75, 3.05) is 6.54 Å². The van der Waals surface area contributed by atoms with E-state index in [1.165, 1.54) is 0 Å². The Morgan fingerprint density at radius 2 is 1.36 bits per heavy atom. The van der Waals surface area contributed by atoms with E-state index in [-0.39, 0.29) is 0 Å². The minimum absolute atomic E-state index is 0.652. The van der Waals surface area contributed by atoms with Gasteiger partial charge in [-0.05, 0) is 25.9 Å². The van der Waals surface area contributed by atoms with Gasteiger partial charge in [-0.15, -0.1) is 0 Å². The number of nitrogens with zero attached hydrogens (tertiary/aromatic N) is 2. The molecule has 0 saturated carbocycles. The highest BCUT2D eigenvalue weighted by Crippen LogP contribution is 1.90. The zero-order valence-electron chi connectivity index (χ0n) is 11.1. The molecule has 0 unspecified atom stereocenters. The van der Waals surface area contributed by atoms with Crippen molar-refractivity contribution >= 4 is 13.4 Å². The summed E-state index contributed by atoms with van der Waals surface area (Å²) in [4.78, 5) is 7.20. The van der Waals surface area contributed by atoms with Crippen LogP contribution in [0.3, 0.4) is 0 Å². The lowest BCUT2D eigenvalue weighted by atomic mass is 10.3.